The Balaban J connectivity index is 1.83. The lowest BCUT2D eigenvalue weighted by Crippen LogP contribution is -2.47. The molecule has 0 spiro atoms. The molecule has 2 N–H and O–H groups in total. The maximum Gasteiger partial charge on any atom is 0.226 e. The Labute approximate surface area is 96.4 Å². The van der Waals surface area contributed by atoms with Crippen LogP contribution in [0.2, 0.25) is 0 Å². The maximum absolute atomic E-state index is 12.0. The summed E-state index contributed by atoms with van der Waals surface area (Å²) in [7, 11) is 0. The standard InChI is InChI=1S/C12H21NO3/c1-11(4-2-3-5-11)10(14)13-8-12(15)6-7-16-9-12/h15H,2-9H2,1H3,(H,13,14). The number of carbonyl (C=O) groups is 1. The molecule has 4 nitrogen and oxygen atoms in total. The molecule has 2 fully saturated rings. The van der Waals surface area contributed by atoms with Crippen molar-refractivity contribution in [3.05, 3.63) is 0 Å². The Hall–Kier alpha value is -0.610. The van der Waals surface area contributed by atoms with Gasteiger partial charge in [0.25, 0.3) is 0 Å². The number of ether oxygens (including phenoxy) is 1. The van der Waals surface area contributed by atoms with Crippen LogP contribution in [0.3, 0.4) is 0 Å². The molecule has 92 valence electrons. The van der Waals surface area contributed by atoms with Crippen molar-refractivity contribution < 1.29 is 14.6 Å². The summed E-state index contributed by atoms with van der Waals surface area (Å²) in [6, 6.07) is 0. The summed E-state index contributed by atoms with van der Waals surface area (Å²) in [5.74, 6) is 0.0883. The first kappa shape index (κ1) is 11.9. The van der Waals surface area contributed by atoms with Gasteiger partial charge in [0.2, 0.25) is 5.91 Å². The van der Waals surface area contributed by atoms with Crippen LogP contribution in [0.1, 0.15) is 39.0 Å². The van der Waals surface area contributed by atoms with Gasteiger partial charge in [0.15, 0.2) is 0 Å². The Morgan fingerprint density at radius 3 is 2.62 bits per heavy atom. The molecule has 1 saturated heterocycles. The van der Waals surface area contributed by atoms with E-state index in [9.17, 15) is 9.90 Å². The minimum absolute atomic E-state index is 0.0883. The van der Waals surface area contributed by atoms with Gasteiger partial charge in [0.05, 0.1) is 6.61 Å². The molecule has 0 aromatic carbocycles. The SMILES string of the molecule is CC1(C(=O)NCC2(O)CCOC2)CCCC1. The summed E-state index contributed by atoms with van der Waals surface area (Å²) < 4.78 is 5.14. The zero-order valence-electron chi connectivity index (χ0n) is 9.92. The van der Waals surface area contributed by atoms with Crippen molar-refractivity contribution in [1.82, 2.24) is 5.32 Å². The highest BCUT2D eigenvalue weighted by Gasteiger charge is 2.38. The summed E-state index contributed by atoms with van der Waals surface area (Å²) >= 11 is 0. The predicted molar refractivity (Wildman–Crippen MR) is 60.0 cm³/mol. The average molecular weight is 227 g/mol. The summed E-state index contributed by atoms with van der Waals surface area (Å²) in [5.41, 5.74) is -1.06. The van der Waals surface area contributed by atoms with Crippen molar-refractivity contribution in [3.8, 4) is 0 Å². The van der Waals surface area contributed by atoms with Gasteiger partial charge in [0, 0.05) is 25.0 Å². The van der Waals surface area contributed by atoms with Gasteiger partial charge in [-0.1, -0.05) is 19.8 Å². The van der Waals surface area contributed by atoms with E-state index in [1.54, 1.807) is 0 Å². The van der Waals surface area contributed by atoms with Gasteiger partial charge >= 0.3 is 0 Å². The van der Waals surface area contributed by atoms with Crippen LogP contribution in [0.25, 0.3) is 0 Å². The smallest absolute Gasteiger partial charge is 0.226 e. The third-order valence-electron chi connectivity index (χ3n) is 3.92. The van der Waals surface area contributed by atoms with Crippen LogP contribution in [-0.4, -0.2) is 36.4 Å². The van der Waals surface area contributed by atoms with E-state index in [-0.39, 0.29) is 11.3 Å². The summed E-state index contributed by atoms with van der Waals surface area (Å²) in [4.78, 5) is 12.0. The molecule has 0 aromatic rings. The maximum atomic E-state index is 12.0. The first-order valence-corrected chi connectivity index (χ1v) is 6.13. The second-order valence-electron chi connectivity index (χ2n) is 5.48. The minimum atomic E-state index is -0.843. The van der Waals surface area contributed by atoms with Gasteiger partial charge < -0.3 is 15.2 Å². The molecule has 1 saturated carbocycles. The highest BCUT2D eigenvalue weighted by molar-refractivity contribution is 5.82. The highest BCUT2D eigenvalue weighted by Crippen LogP contribution is 2.37. The van der Waals surface area contributed by atoms with Gasteiger partial charge in [-0.15, -0.1) is 0 Å². The molecular weight excluding hydrogens is 206 g/mol. The molecule has 1 aliphatic heterocycles. The normalized spacial score (nSPS) is 32.9. The van der Waals surface area contributed by atoms with Crippen LogP contribution >= 0.6 is 0 Å². The zero-order valence-corrected chi connectivity index (χ0v) is 9.92. The van der Waals surface area contributed by atoms with Gasteiger partial charge in [-0.2, -0.15) is 0 Å². The van der Waals surface area contributed by atoms with Crippen molar-refractivity contribution >= 4 is 5.91 Å². The Morgan fingerprint density at radius 2 is 2.06 bits per heavy atom. The van der Waals surface area contributed by atoms with Crippen molar-refractivity contribution in [2.24, 2.45) is 5.41 Å². The van der Waals surface area contributed by atoms with E-state index in [0.29, 0.717) is 26.2 Å². The van der Waals surface area contributed by atoms with Crippen molar-refractivity contribution in [1.29, 1.82) is 0 Å². The van der Waals surface area contributed by atoms with Crippen LogP contribution in [0.5, 0.6) is 0 Å². The zero-order chi connectivity index (χ0) is 11.6. The van der Waals surface area contributed by atoms with Gasteiger partial charge in [-0.3, -0.25) is 4.79 Å². The molecule has 1 amide bonds. The second kappa shape index (κ2) is 4.34. The number of amides is 1. The lowest BCUT2D eigenvalue weighted by molar-refractivity contribution is -0.131. The van der Waals surface area contributed by atoms with Crippen LogP contribution < -0.4 is 5.32 Å². The van der Waals surface area contributed by atoms with Gasteiger partial charge in [0.1, 0.15) is 5.60 Å². The molecule has 0 aromatic heterocycles. The first-order valence-electron chi connectivity index (χ1n) is 6.13. The molecule has 2 rings (SSSR count). The highest BCUT2D eigenvalue weighted by atomic mass is 16.5. The number of nitrogens with one attached hydrogen (secondary N) is 1. The fourth-order valence-electron chi connectivity index (χ4n) is 2.58. The van der Waals surface area contributed by atoms with Gasteiger partial charge in [-0.25, -0.2) is 0 Å². The quantitative estimate of drug-likeness (QED) is 0.751. The molecule has 0 radical (unpaired) electrons. The monoisotopic (exact) mass is 227 g/mol. The van der Waals surface area contributed by atoms with Crippen molar-refractivity contribution in [2.75, 3.05) is 19.8 Å². The Bertz CT molecular complexity index is 265. The second-order valence-corrected chi connectivity index (χ2v) is 5.48. The fraction of sp³-hybridized carbons (Fsp3) is 0.917. The van der Waals surface area contributed by atoms with Crippen LogP contribution in [0.15, 0.2) is 0 Å². The van der Waals surface area contributed by atoms with Crippen LogP contribution in [-0.2, 0) is 9.53 Å². The van der Waals surface area contributed by atoms with Gasteiger partial charge in [-0.05, 0) is 12.8 Å². The van der Waals surface area contributed by atoms with Crippen molar-refractivity contribution in [3.63, 3.8) is 0 Å². The molecule has 4 heteroatoms. The summed E-state index contributed by atoms with van der Waals surface area (Å²) in [6.07, 6.45) is 4.82. The third-order valence-corrected chi connectivity index (χ3v) is 3.92. The van der Waals surface area contributed by atoms with E-state index in [1.807, 2.05) is 6.92 Å². The fourth-order valence-corrected chi connectivity index (χ4v) is 2.58. The van der Waals surface area contributed by atoms with E-state index >= 15 is 0 Å². The van der Waals surface area contributed by atoms with E-state index < -0.39 is 5.60 Å². The molecule has 1 heterocycles. The molecule has 1 aliphatic carbocycles. The predicted octanol–water partition coefficient (Wildman–Crippen LogP) is 0.834. The summed E-state index contributed by atoms with van der Waals surface area (Å²) in [6.45, 7) is 3.26. The van der Waals surface area contributed by atoms with Crippen LogP contribution in [0, 0.1) is 5.41 Å². The largest absolute Gasteiger partial charge is 0.386 e. The minimum Gasteiger partial charge on any atom is -0.386 e. The first-order chi connectivity index (χ1) is 7.54. The third kappa shape index (κ3) is 2.38. The molecule has 0 bridgehead atoms. The van der Waals surface area contributed by atoms with E-state index in [1.165, 1.54) is 0 Å². The number of aliphatic hydroxyl groups is 1. The molecular formula is C12H21NO3. The number of rotatable bonds is 3. The molecule has 16 heavy (non-hydrogen) atoms. The molecule has 1 unspecified atom stereocenters. The topological polar surface area (TPSA) is 58.6 Å². The van der Waals surface area contributed by atoms with Crippen LogP contribution in [0.4, 0.5) is 0 Å². The van der Waals surface area contributed by atoms with E-state index in [0.717, 1.165) is 25.7 Å². The lowest BCUT2D eigenvalue weighted by Gasteiger charge is -2.26. The Kier molecular flexibility index (Phi) is 3.22. The number of hydrogen-bond donors (Lipinski definition) is 2. The molecule has 1 atom stereocenters. The van der Waals surface area contributed by atoms with Crippen molar-refractivity contribution in [2.45, 2.75) is 44.6 Å². The summed E-state index contributed by atoms with van der Waals surface area (Å²) in [5, 5.41) is 12.9. The average Bonchev–Trinajstić information content (AvgIpc) is 2.86. The Morgan fingerprint density at radius 1 is 1.38 bits per heavy atom. The van der Waals surface area contributed by atoms with E-state index in [4.69, 9.17) is 4.74 Å². The molecule has 2 aliphatic rings. The lowest BCUT2D eigenvalue weighted by atomic mass is 9.87. The van der Waals surface area contributed by atoms with E-state index in [2.05, 4.69) is 5.32 Å². The number of hydrogen-bond acceptors (Lipinski definition) is 3. The number of carbonyl (C=O) groups excluding carboxylic acids is 1.